The van der Waals surface area contributed by atoms with E-state index in [0.717, 1.165) is 43.5 Å². The summed E-state index contributed by atoms with van der Waals surface area (Å²) in [5.41, 5.74) is 28.2. The molecule has 3 rings (SSSR count). The number of rotatable bonds is 37. The molecule has 1 aliphatic heterocycles. The largest absolute Gasteiger partial charge is 0.493 e. The molecule has 2 aromatic rings. The zero-order chi connectivity index (χ0) is 43.2. The van der Waals surface area contributed by atoms with E-state index in [4.69, 9.17) is 0 Å². The highest BCUT2D eigenvalue weighted by Gasteiger charge is 2.31. The third kappa shape index (κ3) is 18.1. The molecule has 60 heavy (non-hydrogen) atoms. The van der Waals surface area contributed by atoms with Gasteiger partial charge in [-0.25, -0.2) is 4.70 Å². The fourth-order valence-corrected chi connectivity index (χ4v) is 9.84. The van der Waals surface area contributed by atoms with Crippen LogP contribution in [0.4, 0.5) is 0 Å². The Hall–Kier alpha value is -2.48. The standard InChI is InChI=1S/C58H96N2/c1-8-15-22-29-36-48-43-53(44-49(37-30-23-16-9-2)55(48)41-34-27-20-13-6)57-47-52(40-33-26-19-12-5)58(60(57)59)54-45-50(38-31-24-17-10-3)56(42-35-28-21-14-7)51(46-54)39-32-25-18-11-4/h43-47H,8-42H2,1-7H3. The van der Waals surface area contributed by atoms with Crippen molar-refractivity contribution >= 4 is 11.4 Å². The number of aryl methyl sites for hydroxylation is 4. The third-order valence-electron chi connectivity index (χ3n) is 13.6. The van der Waals surface area contributed by atoms with Gasteiger partial charge in [0, 0.05) is 22.8 Å². The Kier molecular flexibility index (Phi) is 27.9. The maximum Gasteiger partial charge on any atom is 0.210 e. The highest BCUT2D eigenvalue weighted by molar-refractivity contribution is 5.79. The molecule has 2 nitrogen and oxygen atoms in total. The molecule has 2 aromatic carbocycles. The van der Waals surface area contributed by atoms with Crippen molar-refractivity contribution in [1.29, 1.82) is 0 Å². The molecule has 0 unspecified atom stereocenters. The predicted molar refractivity (Wildman–Crippen MR) is 267 cm³/mol. The number of nitrogens with zero attached hydrogens (tertiary/aromatic N) is 2. The first kappa shape index (κ1) is 51.9. The molecule has 0 aromatic heterocycles. The van der Waals surface area contributed by atoms with Crippen LogP contribution in [0.3, 0.4) is 0 Å². The average molecular weight is 821 g/mol. The van der Waals surface area contributed by atoms with E-state index in [2.05, 4.69) is 78.8 Å². The normalized spacial score (nSPS) is 13.0. The van der Waals surface area contributed by atoms with Gasteiger partial charge >= 0.3 is 0 Å². The summed E-state index contributed by atoms with van der Waals surface area (Å²) in [6.07, 6.45) is 46.5. The van der Waals surface area contributed by atoms with E-state index in [9.17, 15) is 5.53 Å². The molecule has 0 amide bonds. The Morgan fingerprint density at radius 2 is 0.617 bits per heavy atom. The molecule has 338 valence electrons. The zero-order valence-corrected chi connectivity index (χ0v) is 41.0. The van der Waals surface area contributed by atoms with Gasteiger partial charge in [0.15, 0.2) is 0 Å². The molecule has 0 N–H and O–H groups in total. The molecule has 0 radical (unpaired) electrons. The van der Waals surface area contributed by atoms with Crippen molar-refractivity contribution in [1.82, 2.24) is 0 Å². The Morgan fingerprint density at radius 3 is 0.933 bits per heavy atom. The van der Waals surface area contributed by atoms with E-state index in [-0.39, 0.29) is 0 Å². The Labute approximate surface area is 373 Å². The van der Waals surface area contributed by atoms with Crippen LogP contribution in [0, 0.1) is 0 Å². The average Bonchev–Trinajstić information content (AvgIpc) is 3.59. The Morgan fingerprint density at radius 1 is 0.333 bits per heavy atom. The first-order chi connectivity index (χ1) is 29.5. The summed E-state index contributed by atoms with van der Waals surface area (Å²) in [6.45, 7) is 16.3. The quantitative estimate of drug-likeness (QED) is 0.0479. The van der Waals surface area contributed by atoms with Crippen LogP contribution in [0.5, 0.6) is 0 Å². The fraction of sp³-hybridized carbons (Fsp3) is 0.724. The van der Waals surface area contributed by atoms with Crippen LogP contribution < -0.4 is 0 Å². The summed E-state index contributed by atoms with van der Waals surface area (Å²) in [7, 11) is 0. The van der Waals surface area contributed by atoms with E-state index in [0.29, 0.717) is 0 Å². The summed E-state index contributed by atoms with van der Waals surface area (Å²) >= 11 is 0. The number of allylic oxidation sites excluding steroid dienone is 2. The van der Waals surface area contributed by atoms with Crippen LogP contribution in [0.25, 0.3) is 16.9 Å². The van der Waals surface area contributed by atoms with Crippen molar-refractivity contribution in [2.45, 2.75) is 273 Å². The number of hydrogen-bond acceptors (Lipinski definition) is 0. The second-order valence-corrected chi connectivity index (χ2v) is 18.9. The highest BCUT2D eigenvalue weighted by atomic mass is 15.2. The highest BCUT2D eigenvalue weighted by Crippen LogP contribution is 2.41. The lowest BCUT2D eigenvalue weighted by molar-refractivity contribution is -0.344. The first-order valence-electron chi connectivity index (χ1n) is 26.7. The van der Waals surface area contributed by atoms with Crippen LogP contribution in [0.1, 0.15) is 279 Å². The van der Waals surface area contributed by atoms with Crippen LogP contribution in [0.15, 0.2) is 35.9 Å². The van der Waals surface area contributed by atoms with Crippen molar-refractivity contribution in [3.63, 3.8) is 0 Å². The maximum absolute atomic E-state index is 12.7. The van der Waals surface area contributed by atoms with Crippen LogP contribution in [0.2, 0.25) is 0 Å². The molecular formula is C58H96N2. The minimum atomic E-state index is 1.01. The van der Waals surface area contributed by atoms with E-state index < -0.39 is 0 Å². The van der Waals surface area contributed by atoms with E-state index in [1.54, 1.807) is 38.1 Å². The molecule has 0 atom stereocenters. The Balaban J connectivity index is 2.19. The molecule has 0 bridgehead atoms. The summed E-state index contributed by atoms with van der Waals surface area (Å²) < 4.78 is 1.67. The number of benzene rings is 2. The van der Waals surface area contributed by atoms with Gasteiger partial charge < -0.3 is 5.53 Å². The molecular weight excluding hydrogens is 725 g/mol. The maximum atomic E-state index is 12.7. The number of hydrogen-bond donors (Lipinski definition) is 0. The van der Waals surface area contributed by atoms with Gasteiger partial charge in [0.2, 0.25) is 11.4 Å². The summed E-state index contributed by atoms with van der Waals surface area (Å²) in [4.78, 5) is 0. The molecule has 0 saturated heterocycles. The molecule has 0 aliphatic carbocycles. The molecule has 1 aliphatic rings. The van der Waals surface area contributed by atoms with Crippen LogP contribution in [-0.4, -0.2) is 4.70 Å². The van der Waals surface area contributed by atoms with E-state index >= 15 is 0 Å². The van der Waals surface area contributed by atoms with Gasteiger partial charge in [-0.05, 0) is 148 Å². The van der Waals surface area contributed by atoms with E-state index in [1.807, 2.05) is 0 Å². The zero-order valence-electron chi connectivity index (χ0n) is 41.0. The van der Waals surface area contributed by atoms with Crippen LogP contribution >= 0.6 is 0 Å². The monoisotopic (exact) mass is 821 g/mol. The van der Waals surface area contributed by atoms with Gasteiger partial charge in [-0.1, -0.05) is 183 Å². The Bertz CT molecular complexity index is 1470. The fourth-order valence-electron chi connectivity index (χ4n) is 9.84. The lowest BCUT2D eigenvalue weighted by atomic mass is 9.87. The van der Waals surface area contributed by atoms with Gasteiger partial charge in [-0.3, -0.25) is 0 Å². The van der Waals surface area contributed by atoms with Gasteiger partial charge in [0.1, 0.15) is 0 Å². The molecule has 1 heterocycles. The topological polar surface area (TPSA) is 25.3 Å². The van der Waals surface area contributed by atoms with Crippen LogP contribution in [-0.2, 0) is 38.5 Å². The molecule has 2 heteroatoms. The van der Waals surface area contributed by atoms with Crippen molar-refractivity contribution in [2.75, 3.05) is 0 Å². The van der Waals surface area contributed by atoms with Crippen molar-refractivity contribution in [3.8, 4) is 0 Å². The first-order valence-corrected chi connectivity index (χ1v) is 26.7. The number of unbranched alkanes of at least 4 members (excludes halogenated alkanes) is 21. The SMILES string of the molecule is CCCCCCC1=C(c2cc(CCCCCC)c(CCCCCC)c(CCCCCC)c2)[N+](=[N-])C(c2cc(CCCCCC)c(CCCCCC)c(CCCCCC)c2)=C1. The molecule has 0 saturated carbocycles. The minimum absolute atomic E-state index is 1.01. The van der Waals surface area contributed by atoms with Gasteiger partial charge in [-0.2, -0.15) is 0 Å². The van der Waals surface area contributed by atoms with Crippen molar-refractivity contribution in [2.24, 2.45) is 0 Å². The smallest absolute Gasteiger partial charge is 0.210 e. The third-order valence-corrected chi connectivity index (χ3v) is 13.6. The molecule has 0 fully saturated rings. The summed E-state index contributed by atoms with van der Waals surface area (Å²) in [5.74, 6) is 0. The van der Waals surface area contributed by atoms with E-state index in [1.165, 1.54) is 209 Å². The summed E-state index contributed by atoms with van der Waals surface area (Å²) in [5, 5.41) is 0. The lowest BCUT2D eigenvalue weighted by Gasteiger charge is -2.20. The second kappa shape index (κ2) is 32.2. The van der Waals surface area contributed by atoms with Gasteiger partial charge in [0.25, 0.3) is 0 Å². The second-order valence-electron chi connectivity index (χ2n) is 18.9. The molecule has 0 spiro atoms. The minimum Gasteiger partial charge on any atom is -0.493 e. The van der Waals surface area contributed by atoms with Crippen molar-refractivity contribution in [3.05, 3.63) is 86.0 Å². The lowest BCUT2D eigenvalue weighted by Crippen LogP contribution is -2.09. The predicted octanol–water partition coefficient (Wildman–Crippen LogP) is 19.2. The van der Waals surface area contributed by atoms with Crippen molar-refractivity contribution < 1.29 is 4.70 Å². The van der Waals surface area contributed by atoms with Gasteiger partial charge in [-0.15, -0.1) is 0 Å². The summed E-state index contributed by atoms with van der Waals surface area (Å²) in [6, 6.07) is 10.2. The van der Waals surface area contributed by atoms with Gasteiger partial charge in [0.05, 0.1) is 0 Å².